The van der Waals surface area contributed by atoms with Gasteiger partial charge >= 0.3 is 5.97 Å². The molecular weight excluding hydrogens is 342 g/mol. The SMILES string of the molecule is Cc1nccc([C@H]2CCCN2Cc2ccc(-c3ccccc3C(=O)O)o2)n1. The van der Waals surface area contributed by atoms with Crippen LogP contribution in [0.1, 0.15) is 46.5 Å². The van der Waals surface area contributed by atoms with E-state index in [2.05, 4.69) is 14.9 Å². The van der Waals surface area contributed by atoms with E-state index in [1.807, 2.05) is 37.4 Å². The van der Waals surface area contributed by atoms with Gasteiger partial charge in [0.2, 0.25) is 0 Å². The Balaban J connectivity index is 1.55. The Morgan fingerprint density at radius 1 is 1.26 bits per heavy atom. The zero-order chi connectivity index (χ0) is 18.8. The molecule has 6 heteroatoms. The van der Waals surface area contributed by atoms with Crippen molar-refractivity contribution in [2.24, 2.45) is 0 Å². The van der Waals surface area contributed by atoms with E-state index in [4.69, 9.17) is 4.42 Å². The lowest BCUT2D eigenvalue weighted by Gasteiger charge is -2.23. The number of likely N-dealkylation sites (tertiary alicyclic amines) is 1. The van der Waals surface area contributed by atoms with Gasteiger partial charge in [0.25, 0.3) is 0 Å². The van der Waals surface area contributed by atoms with Crippen LogP contribution in [0.4, 0.5) is 0 Å². The molecule has 1 N–H and O–H groups in total. The Bertz CT molecular complexity index is 967. The summed E-state index contributed by atoms with van der Waals surface area (Å²) >= 11 is 0. The normalized spacial score (nSPS) is 17.3. The molecular formula is C21H21N3O3. The average Bonchev–Trinajstić information content (AvgIpc) is 3.32. The number of nitrogens with zero attached hydrogens (tertiary/aromatic N) is 3. The van der Waals surface area contributed by atoms with Crippen molar-refractivity contribution in [2.45, 2.75) is 32.4 Å². The Labute approximate surface area is 157 Å². The fourth-order valence-corrected chi connectivity index (χ4v) is 3.70. The van der Waals surface area contributed by atoms with Gasteiger partial charge in [-0.15, -0.1) is 0 Å². The molecule has 0 aliphatic carbocycles. The van der Waals surface area contributed by atoms with Crippen molar-refractivity contribution in [3.63, 3.8) is 0 Å². The lowest BCUT2D eigenvalue weighted by Crippen LogP contribution is -2.23. The van der Waals surface area contributed by atoms with Crippen molar-refractivity contribution in [1.82, 2.24) is 14.9 Å². The second-order valence-electron chi connectivity index (χ2n) is 6.77. The molecule has 0 radical (unpaired) electrons. The zero-order valence-electron chi connectivity index (χ0n) is 15.1. The molecule has 6 nitrogen and oxygen atoms in total. The summed E-state index contributed by atoms with van der Waals surface area (Å²) in [6.45, 7) is 3.56. The number of carbonyl (C=O) groups is 1. The smallest absolute Gasteiger partial charge is 0.336 e. The zero-order valence-corrected chi connectivity index (χ0v) is 15.1. The van der Waals surface area contributed by atoms with E-state index in [1.54, 1.807) is 18.2 Å². The van der Waals surface area contributed by atoms with Gasteiger partial charge in [0.1, 0.15) is 17.3 Å². The van der Waals surface area contributed by atoms with E-state index in [0.717, 1.165) is 36.7 Å². The number of hydrogen-bond acceptors (Lipinski definition) is 5. The van der Waals surface area contributed by atoms with Crippen LogP contribution < -0.4 is 0 Å². The minimum Gasteiger partial charge on any atom is -0.478 e. The summed E-state index contributed by atoms with van der Waals surface area (Å²) in [4.78, 5) is 22.6. The third-order valence-corrected chi connectivity index (χ3v) is 4.95. The summed E-state index contributed by atoms with van der Waals surface area (Å²) in [5.74, 6) is 1.23. The maximum atomic E-state index is 11.4. The van der Waals surface area contributed by atoms with Crippen molar-refractivity contribution in [1.29, 1.82) is 0 Å². The third kappa shape index (κ3) is 3.61. The van der Waals surface area contributed by atoms with Gasteiger partial charge in [-0.1, -0.05) is 18.2 Å². The average molecular weight is 363 g/mol. The number of carboxylic acids is 1. The van der Waals surface area contributed by atoms with Gasteiger partial charge < -0.3 is 9.52 Å². The number of aromatic carboxylic acids is 1. The van der Waals surface area contributed by atoms with Crippen LogP contribution in [0.25, 0.3) is 11.3 Å². The second-order valence-corrected chi connectivity index (χ2v) is 6.77. The summed E-state index contributed by atoms with van der Waals surface area (Å²) in [5.41, 5.74) is 1.89. The predicted molar refractivity (Wildman–Crippen MR) is 100 cm³/mol. The van der Waals surface area contributed by atoms with Crippen molar-refractivity contribution < 1.29 is 14.3 Å². The Hall–Kier alpha value is -2.99. The first-order chi connectivity index (χ1) is 13.1. The molecule has 3 heterocycles. The first-order valence-corrected chi connectivity index (χ1v) is 9.07. The molecule has 4 rings (SSSR count). The van der Waals surface area contributed by atoms with Gasteiger partial charge in [-0.2, -0.15) is 0 Å². The Morgan fingerprint density at radius 3 is 2.93 bits per heavy atom. The van der Waals surface area contributed by atoms with E-state index < -0.39 is 5.97 Å². The Morgan fingerprint density at radius 2 is 2.11 bits per heavy atom. The molecule has 1 saturated heterocycles. The highest BCUT2D eigenvalue weighted by Gasteiger charge is 2.28. The fraction of sp³-hybridized carbons (Fsp3) is 0.286. The van der Waals surface area contributed by atoms with Crippen molar-refractivity contribution in [2.75, 3.05) is 6.54 Å². The molecule has 1 atom stereocenters. The molecule has 3 aromatic rings. The van der Waals surface area contributed by atoms with Crippen LogP contribution in [0.2, 0.25) is 0 Å². The van der Waals surface area contributed by atoms with Crippen LogP contribution in [0.15, 0.2) is 53.1 Å². The summed E-state index contributed by atoms with van der Waals surface area (Å²) in [5, 5.41) is 9.38. The van der Waals surface area contributed by atoms with Crippen LogP contribution in [-0.4, -0.2) is 32.5 Å². The summed E-state index contributed by atoms with van der Waals surface area (Å²) in [6.07, 6.45) is 3.98. The minimum atomic E-state index is -0.956. The van der Waals surface area contributed by atoms with Gasteiger partial charge in [0.15, 0.2) is 0 Å². The van der Waals surface area contributed by atoms with Gasteiger partial charge in [-0.3, -0.25) is 4.90 Å². The van der Waals surface area contributed by atoms with Gasteiger partial charge in [-0.05, 0) is 50.6 Å². The minimum absolute atomic E-state index is 0.244. The maximum Gasteiger partial charge on any atom is 0.336 e. The van der Waals surface area contributed by atoms with Gasteiger partial charge in [0, 0.05) is 11.8 Å². The highest BCUT2D eigenvalue weighted by atomic mass is 16.4. The molecule has 0 spiro atoms. The monoisotopic (exact) mass is 363 g/mol. The molecule has 1 aromatic carbocycles. The molecule has 1 aliphatic rings. The number of aromatic nitrogens is 2. The molecule has 0 unspecified atom stereocenters. The van der Waals surface area contributed by atoms with Gasteiger partial charge in [-0.25, -0.2) is 14.8 Å². The summed E-state index contributed by atoms with van der Waals surface area (Å²) in [7, 11) is 0. The van der Waals surface area contributed by atoms with Crippen molar-refractivity contribution in [3.8, 4) is 11.3 Å². The fourth-order valence-electron chi connectivity index (χ4n) is 3.70. The van der Waals surface area contributed by atoms with Gasteiger partial charge in [0.05, 0.1) is 23.8 Å². The van der Waals surface area contributed by atoms with Crippen LogP contribution in [0, 0.1) is 6.92 Å². The molecule has 138 valence electrons. The molecule has 0 amide bonds. The number of furan rings is 1. The first-order valence-electron chi connectivity index (χ1n) is 9.07. The van der Waals surface area contributed by atoms with Crippen LogP contribution >= 0.6 is 0 Å². The standard InChI is InChI=1S/C21H21N3O3/c1-14-22-11-10-18(23-14)19-7-4-12-24(19)13-15-8-9-20(27-15)16-5-2-3-6-17(16)21(25)26/h2-3,5-6,8-11,19H,4,7,12-13H2,1H3,(H,25,26)/t19-/m1/s1. The number of aryl methyl sites for hydroxylation is 1. The Kier molecular flexibility index (Phi) is 4.73. The largest absolute Gasteiger partial charge is 0.478 e. The highest BCUT2D eigenvalue weighted by molar-refractivity contribution is 5.95. The van der Waals surface area contributed by atoms with E-state index in [9.17, 15) is 9.90 Å². The molecule has 27 heavy (non-hydrogen) atoms. The molecule has 1 fully saturated rings. The van der Waals surface area contributed by atoms with E-state index >= 15 is 0 Å². The van der Waals surface area contributed by atoms with Crippen LogP contribution in [0.3, 0.4) is 0 Å². The molecule has 1 aliphatic heterocycles. The number of hydrogen-bond donors (Lipinski definition) is 1. The van der Waals surface area contributed by atoms with Crippen molar-refractivity contribution in [3.05, 3.63) is 71.5 Å². The topological polar surface area (TPSA) is 79.5 Å². The molecule has 0 saturated carbocycles. The predicted octanol–water partition coefficient (Wildman–Crippen LogP) is 4.08. The van der Waals surface area contributed by atoms with E-state index in [1.165, 1.54) is 0 Å². The number of rotatable bonds is 5. The molecule has 2 aromatic heterocycles. The summed E-state index contributed by atoms with van der Waals surface area (Å²) in [6, 6.07) is 12.9. The van der Waals surface area contributed by atoms with E-state index in [-0.39, 0.29) is 11.6 Å². The quantitative estimate of drug-likeness (QED) is 0.736. The lowest BCUT2D eigenvalue weighted by atomic mass is 10.1. The van der Waals surface area contributed by atoms with Crippen LogP contribution in [-0.2, 0) is 6.54 Å². The highest BCUT2D eigenvalue weighted by Crippen LogP contribution is 2.33. The van der Waals surface area contributed by atoms with Crippen LogP contribution in [0.5, 0.6) is 0 Å². The van der Waals surface area contributed by atoms with Crippen molar-refractivity contribution >= 4 is 5.97 Å². The number of benzene rings is 1. The lowest BCUT2D eigenvalue weighted by molar-refractivity contribution is 0.0697. The summed E-state index contributed by atoms with van der Waals surface area (Å²) < 4.78 is 5.99. The first kappa shape index (κ1) is 17.4. The number of carboxylic acid groups (broad SMARTS) is 1. The second kappa shape index (κ2) is 7.32. The maximum absolute atomic E-state index is 11.4. The van der Waals surface area contributed by atoms with E-state index in [0.29, 0.717) is 17.9 Å². The third-order valence-electron chi connectivity index (χ3n) is 4.95. The molecule has 0 bridgehead atoms.